The molecule has 0 fully saturated rings. The number of methoxy groups -OCH3 is 1. The summed E-state index contributed by atoms with van der Waals surface area (Å²) in [5.41, 5.74) is 0.333. The van der Waals surface area contributed by atoms with Gasteiger partial charge >= 0.3 is 5.97 Å². The molecule has 0 aliphatic heterocycles. The molecule has 0 aliphatic rings. The smallest absolute Gasteiger partial charge is 0.349 e. The lowest BCUT2D eigenvalue weighted by Crippen LogP contribution is -2.32. The third-order valence-corrected chi connectivity index (χ3v) is 5.50. The normalized spacial score (nSPS) is 12.4. The number of carboxylic acids is 1. The Morgan fingerprint density at radius 1 is 1.38 bits per heavy atom. The monoisotopic (exact) mass is 459 g/mol. The maximum absolute atomic E-state index is 12.6. The Morgan fingerprint density at radius 2 is 2.09 bits per heavy atom. The number of carbonyl (C=O) groups is 2. The van der Waals surface area contributed by atoms with Crippen molar-refractivity contribution in [2.75, 3.05) is 44.5 Å². The second kappa shape index (κ2) is 11.8. The highest BCUT2D eigenvalue weighted by Crippen LogP contribution is 2.15. The van der Waals surface area contributed by atoms with Crippen LogP contribution in [0.2, 0.25) is 0 Å². The molecule has 0 radical (unpaired) electrons. The predicted octanol–water partition coefficient (Wildman–Crippen LogP) is 0.0554. The molecule has 0 bridgehead atoms. The highest BCUT2D eigenvalue weighted by molar-refractivity contribution is 7.07. The highest BCUT2D eigenvalue weighted by atomic mass is 32.1. The number of benzene rings is 1. The number of ether oxygens (including phenoxy) is 1. The number of carbonyl (C=O) groups excluding carboxylic acids is 1. The highest BCUT2D eigenvalue weighted by Gasteiger charge is 2.13. The van der Waals surface area contributed by atoms with Crippen molar-refractivity contribution < 1.29 is 19.4 Å². The Balaban J connectivity index is 2.23. The van der Waals surface area contributed by atoms with Gasteiger partial charge < -0.3 is 20.5 Å². The first-order valence-electron chi connectivity index (χ1n) is 9.72. The number of aliphatic carboxylic acids is 1. The van der Waals surface area contributed by atoms with Gasteiger partial charge in [0.25, 0.3) is 5.56 Å². The number of nitrogens with zero attached hydrogens (tertiary/aromatic N) is 3. The Bertz CT molecular complexity index is 1190. The number of rotatable bonds is 10. The number of likely N-dealkylation sites (N-methyl/N-ethyl adjacent to an activating group) is 1. The molecular formula is C21H25N5O5S. The molecule has 0 spiro atoms. The summed E-state index contributed by atoms with van der Waals surface area (Å²) in [7, 11) is 3.42. The molecule has 3 N–H and O–H groups in total. The van der Waals surface area contributed by atoms with Crippen LogP contribution in [0.4, 0.5) is 11.4 Å². The molecule has 1 aromatic heterocycles. The molecule has 1 aromatic carbocycles. The molecule has 32 heavy (non-hydrogen) atoms. The van der Waals surface area contributed by atoms with Crippen LogP contribution in [0.1, 0.15) is 6.92 Å². The van der Waals surface area contributed by atoms with Gasteiger partial charge in [-0.25, -0.2) is 4.79 Å². The van der Waals surface area contributed by atoms with Gasteiger partial charge in [0.1, 0.15) is 15.3 Å². The van der Waals surface area contributed by atoms with Crippen LogP contribution >= 0.6 is 11.3 Å². The summed E-state index contributed by atoms with van der Waals surface area (Å²) in [6, 6.07) is 8.60. The fraction of sp³-hybridized carbons (Fsp3) is 0.333. The lowest BCUT2D eigenvalue weighted by molar-refractivity contribution is -0.130. The topological polar surface area (TPSA) is 137 Å². The first-order valence-corrected chi connectivity index (χ1v) is 10.5. The zero-order valence-electron chi connectivity index (χ0n) is 18.0. The van der Waals surface area contributed by atoms with E-state index in [4.69, 9.17) is 10.00 Å². The quantitative estimate of drug-likeness (QED) is 0.454. The van der Waals surface area contributed by atoms with E-state index in [1.54, 1.807) is 44.4 Å². The SMILES string of the molecule is CCn1c(=C(C#N)C(=O)O)sc(=CNc2cccc(NC(=O)CN(C)CCOC)c2)c1=O. The van der Waals surface area contributed by atoms with Gasteiger partial charge in [-0.15, -0.1) is 11.3 Å². The van der Waals surface area contributed by atoms with E-state index in [0.717, 1.165) is 11.3 Å². The van der Waals surface area contributed by atoms with E-state index in [2.05, 4.69) is 10.6 Å². The number of thiazole rings is 1. The number of hydrogen-bond donors (Lipinski definition) is 3. The van der Waals surface area contributed by atoms with Gasteiger partial charge in [-0.1, -0.05) is 6.07 Å². The summed E-state index contributed by atoms with van der Waals surface area (Å²) in [5.74, 6) is -1.56. The van der Waals surface area contributed by atoms with Crippen molar-refractivity contribution in [1.29, 1.82) is 5.26 Å². The molecule has 0 atom stereocenters. The van der Waals surface area contributed by atoms with Crippen molar-refractivity contribution in [3.63, 3.8) is 0 Å². The van der Waals surface area contributed by atoms with Crippen LogP contribution in [0.15, 0.2) is 29.1 Å². The molecule has 0 unspecified atom stereocenters. The molecule has 170 valence electrons. The number of aromatic nitrogens is 1. The van der Waals surface area contributed by atoms with Gasteiger partial charge in [-0.05, 0) is 32.2 Å². The van der Waals surface area contributed by atoms with Crippen molar-refractivity contribution in [1.82, 2.24) is 9.47 Å². The summed E-state index contributed by atoms with van der Waals surface area (Å²) < 4.78 is 6.60. The van der Waals surface area contributed by atoms with Crippen LogP contribution in [0.5, 0.6) is 0 Å². The van der Waals surface area contributed by atoms with Crippen molar-refractivity contribution in [2.24, 2.45) is 0 Å². The first-order chi connectivity index (χ1) is 15.3. The van der Waals surface area contributed by atoms with E-state index in [-0.39, 0.29) is 28.2 Å². The van der Waals surface area contributed by atoms with Crippen LogP contribution < -0.4 is 25.4 Å². The van der Waals surface area contributed by atoms with Gasteiger partial charge in [-0.2, -0.15) is 5.26 Å². The summed E-state index contributed by atoms with van der Waals surface area (Å²) in [5, 5.41) is 24.2. The minimum Gasteiger partial charge on any atom is -0.477 e. The van der Waals surface area contributed by atoms with Gasteiger partial charge in [0, 0.05) is 37.8 Å². The van der Waals surface area contributed by atoms with Crippen molar-refractivity contribution in [2.45, 2.75) is 13.5 Å². The number of nitriles is 1. The third kappa shape index (κ3) is 6.52. The minimum absolute atomic E-state index is 0.0964. The molecular weight excluding hydrogens is 434 g/mol. The lowest BCUT2D eigenvalue weighted by atomic mass is 10.2. The molecule has 10 nitrogen and oxygen atoms in total. The number of amides is 1. The van der Waals surface area contributed by atoms with E-state index in [9.17, 15) is 19.5 Å². The molecule has 0 saturated heterocycles. The van der Waals surface area contributed by atoms with E-state index in [1.807, 2.05) is 11.9 Å². The second-order valence-electron chi connectivity index (χ2n) is 6.76. The van der Waals surface area contributed by atoms with Crippen molar-refractivity contribution in [3.05, 3.63) is 43.8 Å². The van der Waals surface area contributed by atoms with Gasteiger partial charge in [0.2, 0.25) is 5.91 Å². The number of anilines is 2. The van der Waals surface area contributed by atoms with Crippen molar-refractivity contribution in [3.8, 4) is 6.07 Å². The average Bonchev–Trinajstić information content (AvgIpc) is 3.06. The van der Waals surface area contributed by atoms with E-state index >= 15 is 0 Å². The molecule has 0 saturated carbocycles. The van der Waals surface area contributed by atoms with Crippen LogP contribution in [-0.2, 0) is 20.9 Å². The zero-order chi connectivity index (χ0) is 23.7. The molecule has 11 heteroatoms. The maximum Gasteiger partial charge on any atom is 0.349 e. The number of carboxylic acid groups (broad SMARTS) is 1. The van der Waals surface area contributed by atoms with E-state index in [0.29, 0.717) is 24.5 Å². The van der Waals surface area contributed by atoms with Crippen molar-refractivity contribution >= 4 is 46.4 Å². The fourth-order valence-corrected chi connectivity index (χ4v) is 3.87. The van der Waals surface area contributed by atoms with Crippen LogP contribution in [0.3, 0.4) is 0 Å². The summed E-state index contributed by atoms with van der Waals surface area (Å²) in [6.07, 6.45) is 1.46. The summed E-state index contributed by atoms with van der Waals surface area (Å²) in [4.78, 5) is 37.9. The molecule has 2 aromatic rings. The summed E-state index contributed by atoms with van der Waals surface area (Å²) in [6.45, 7) is 3.31. The average molecular weight is 460 g/mol. The lowest BCUT2D eigenvalue weighted by Gasteiger charge is -2.15. The molecule has 1 heterocycles. The van der Waals surface area contributed by atoms with Crippen LogP contribution in [0, 0.1) is 11.3 Å². The first kappa shape index (κ1) is 24.8. The maximum atomic E-state index is 12.6. The Labute approximate surface area is 188 Å². The molecule has 0 aliphatic carbocycles. The molecule has 1 amide bonds. The molecule has 2 rings (SSSR count). The fourth-order valence-electron chi connectivity index (χ4n) is 2.79. The largest absolute Gasteiger partial charge is 0.477 e. The van der Waals surface area contributed by atoms with Gasteiger partial charge in [0.05, 0.1) is 13.2 Å². The predicted molar refractivity (Wildman–Crippen MR) is 123 cm³/mol. The zero-order valence-corrected chi connectivity index (χ0v) is 18.9. The Hall–Kier alpha value is -3.46. The van der Waals surface area contributed by atoms with Gasteiger partial charge in [0.15, 0.2) is 5.57 Å². The van der Waals surface area contributed by atoms with E-state index in [1.165, 1.54) is 10.8 Å². The number of nitrogens with one attached hydrogen (secondary N) is 2. The Morgan fingerprint density at radius 3 is 2.72 bits per heavy atom. The van der Waals surface area contributed by atoms with Crippen LogP contribution in [-0.4, -0.2) is 60.3 Å². The minimum atomic E-state index is -1.38. The standard InChI is InChI=1S/C21H25N5O5S/c1-4-26-19(28)17(32-20(26)16(11-22)21(29)30)12-23-14-6-5-7-15(10-14)24-18(27)13-25(2)8-9-31-3/h5-7,10,12,23H,4,8-9,13H2,1-3H3,(H,24,27)(H,29,30). The Kier molecular flexibility index (Phi) is 9.15. The van der Waals surface area contributed by atoms with Crippen LogP contribution in [0.25, 0.3) is 11.8 Å². The van der Waals surface area contributed by atoms with E-state index < -0.39 is 17.1 Å². The number of hydrogen-bond acceptors (Lipinski definition) is 8. The van der Waals surface area contributed by atoms with Gasteiger partial charge in [-0.3, -0.25) is 19.1 Å². The third-order valence-electron chi connectivity index (χ3n) is 4.37. The summed E-state index contributed by atoms with van der Waals surface area (Å²) >= 11 is 0.926. The second-order valence-corrected chi connectivity index (χ2v) is 7.79.